The Labute approximate surface area is 102 Å². The molecule has 0 aliphatic carbocycles. The van der Waals surface area contributed by atoms with E-state index in [2.05, 4.69) is 15.9 Å². The SMILES string of the molecule is N#Cc1c(F)ccc(C(=O)CBr)c1C(F)(F)F. The molecule has 1 aromatic carbocycles. The van der Waals surface area contributed by atoms with Crippen molar-refractivity contribution in [3.63, 3.8) is 0 Å². The van der Waals surface area contributed by atoms with E-state index in [1.54, 1.807) is 0 Å². The van der Waals surface area contributed by atoms with Gasteiger partial charge < -0.3 is 0 Å². The molecule has 0 bridgehead atoms. The number of benzene rings is 1. The van der Waals surface area contributed by atoms with Crippen LogP contribution in [-0.4, -0.2) is 11.1 Å². The van der Waals surface area contributed by atoms with Crippen molar-refractivity contribution in [1.29, 1.82) is 5.26 Å². The highest BCUT2D eigenvalue weighted by Gasteiger charge is 2.39. The summed E-state index contributed by atoms with van der Waals surface area (Å²) in [6.45, 7) is 0. The van der Waals surface area contributed by atoms with Crippen LogP contribution in [0.25, 0.3) is 0 Å². The number of ketones is 1. The molecule has 0 aliphatic rings. The molecule has 0 atom stereocenters. The van der Waals surface area contributed by atoms with Crippen molar-refractivity contribution in [2.24, 2.45) is 0 Å². The summed E-state index contributed by atoms with van der Waals surface area (Å²) < 4.78 is 51.1. The minimum atomic E-state index is -4.96. The maximum atomic E-state index is 13.1. The van der Waals surface area contributed by atoms with Gasteiger partial charge in [-0.3, -0.25) is 4.79 Å². The summed E-state index contributed by atoms with van der Waals surface area (Å²) in [7, 11) is 0. The van der Waals surface area contributed by atoms with E-state index in [1.807, 2.05) is 0 Å². The third-order valence-corrected chi connectivity index (χ3v) is 2.48. The van der Waals surface area contributed by atoms with Crippen molar-refractivity contribution in [2.75, 3.05) is 5.33 Å². The van der Waals surface area contributed by atoms with Crippen LogP contribution in [0.4, 0.5) is 17.6 Å². The van der Waals surface area contributed by atoms with Crippen LogP contribution in [0.5, 0.6) is 0 Å². The van der Waals surface area contributed by atoms with Gasteiger partial charge in [-0.15, -0.1) is 0 Å². The summed E-state index contributed by atoms with van der Waals surface area (Å²) in [5.74, 6) is -2.17. The number of alkyl halides is 4. The Hall–Kier alpha value is -1.42. The van der Waals surface area contributed by atoms with Crippen molar-refractivity contribution < 1.29 is 22.4 Å². The molecule has 0 radical (unpaired) electrons. The number of nitrogens with zero attached hydrogens (tertiary/aromatic N) is 1. The van der Waals surface area contributed by atoms with Crippen LogP contribution in [0.1, 0.15) is 21.5 Å². The van der Waals surface area contributed by atoms with Gasteiger partial charge in [0.25, 0.3) is 0 Å². The molecule has 0 unspecified atom stereocenters. The van der Waals surface area contributed by atoms with Gasteiger partial charge in [-0.25, -0.2) is 4.39 Å². The van der Waals surface area contributed by atoms with E-state index in [0.717, 1.165) is 12.1 Å². The monoisotopic (exact) mass is 309 g/mol. The third kappa shape index (κ3) is 2.64. The van der Waals surface area contributed by atoms with Crippen LogP contribution in [-0.2, 0) is 6.18 Å². The van der Waals surface area contributed by atoms with Crippen molar-refractivity contribution in [1.82, 2.24) is 0 Å². The zero-order valence-corrected chi connectivity index (χ0v) is 9.69. The predicted molar refractivity (Wildman–Crippen MR) is 54.2 cm³/mol. The van der Waals surface area contributed by atoms with E-state index in [-0.39, 0.29) is 5.33 Å². The highest BCUT2D eigenvalue weighted by molar-refractivity contribution is 9.09. The fourth-order valence-electron chi connectivity index (χ4n) is 1.29. The first-order chi connectivity index (χ1) is 7.82. The Morgan fingerprint density at radius 1 is 1.41 bits per heavy atom. The maximum Gasteiger partial charge on any atom is 0.418 e. The van der Waals surface area contributed by atoms with Gasteiger partial charge in [0.15, 0.2) is 5.78 Å². The number of halogens is 5. The molecule has 0 N–H and O–H groups in total. The minimum absolute atomic E-state index is 0.341. The summed E-state index contributed by atoms with van der Waals surface area (Å²) in [6.07, 6.45) is -4.96. The van der Waals surface area contributed by atoms with Gasteiger partial charge in [0.05, 0.1) is 10.9 Å². The molecule has 0 saturated carbocycles. The van der Waals surface area contributed by atoms with Crippen molar-refractivity contribution in [3.8, 4) is 6.07 Å². The zero-order chi connectivity index (χ0) is 13.2. The minimum Gasteiger partial charge on any atom is -0.293 e. The lowest BCUT2D eigenvalue weighted by atomic mass is 9.98. The van der Waals surface area contributed by atoms with E-state index in [9.17, 15) is 22.4 Å². The van der Waals surface area contributed by atoms with Crippen molar-refractivity contribution >= 4 is 21.7 Å². The highest BCUT2D eigenvalue weighted by atomic mass is 79.9. The molecule has 2 nitrogen and oxygen atoms in total. The summed E-state index contributed by atoms with van der Waals surface area (Å²) >= 11 is 2.72. The average molecular weight is 310 g/mol. The standard InChI is InChI=1S/C10H4BrF4NO/c11-3-8(17)5-1-2-7(12)6(4-16)9(5)10(13,14)15/h1-2H,3H2. The predicted octanol–water partition coefficient (Wildman–Crippen LogP) is 3.29. The molecule has 0 fully saturated rings. The maximum absolute atomic E-state index is 13.1. The quantitative estimate of drug-likeness (QED) is 0.478. The number of carbonyl (C=O) groups is 1. The molecule has 0 aliphatic heterocycles. The molecule has 7 heteroatoms. The van der Waals surface area contributed by atoms with Gasteiger partial charge in [-0.2, -0.15) is 18.4 Å². The van der Waals surface area contributed by atoms with Crippen molar-refractivity contribution in [2.45, 2.75) is 6.18 Å². The number of hydrogen-bond acceptors (Lipinski definition) is 2. The number of nitriles is 1. The Morgan fingerprint density at radius 2 is 2.00 bits per heavy atom. The lowest BCUT2D eigenvalue weighted by Gasteiger charge is -2.13. The van der Waals surface area contributed by atoms with Gasteiger partial charge in [0, 0.05) is 5.56 Å². The lowest BCUT2D eigenvalue weighted by Crippen LogP contribution is -2.17. The summed E-state index contributed by atoms with van der Waals surface area (Å²) in [6, 6.07) is 2.52. The number of Topliss-reactive ketones (excluding diaryl/α,β-unsaturated/α-hetero) is 1. The Kier molecular flexibility index (Phi) is 3.88. The number of hydrogen-bond donors (Lipinski definition) is 0. The molecule has 0 spiro atoms. The number of carbonyl (C=O) groups excluding carboxylic acids is 1. The third-order valence-electron chi connectivity index (χ3n) is 1.97. The molecule has 0 saturated heterocycles. The molecule has 1 rings (SSSR count). The molecule has 0 heterocycles. The molecular formula is C10H4BrF4NO. The lowest BCUT2D eigenvalue weighted by molar-refractivity contribution is -0.138. The van der Waals surface area contributed by atoms with E-state index < -0.39 is 34.5 Å². The Balaban J connectivity index is 3.65. The molecule has 1 aromatic rings. The van der Waals surface area contributed by atoms with Gasteiger partial charge in [-0.1, -0.05) is 15.9 Å². The molecule has 0 amide bonds. The van der Waals surface area contributed by atoms with E-state index in [1.165, 1.54) is 0 Å². The van der Waals surface area contributed by atoms with Crippen LogP contribution in [0, 0.1) is 17.1 Å². The second-order valence-electron chi connectivity index (χ2n) is 3.01. The van der Waals surface area contributed by atoms with Gasteiger partial charge in [-0.05, 0) is 12.1 Å². The van der Waals surface area contributed by atoms with Crippen LogP contribution in [0.3, 0.4) is 0 Å². The topological polar surface area (TPSA) is 40.9 Å². The smallest absolute Gasteiger partial charge is 0.293 e. The first kappa shape index (κ1) is 13.6. The first-order valence-electron chi connectivity index (χ1n) is 4.22. The van der Waals surface area contributed by atoms with Gasteiger partial charge in [0.2, 0.25) is 0 Å². The molecule has 0 aromatic heterocycles. The second-order valence-corrected chi connectivity index (χ2v) is 3.57. The molecular weight excluding hydrogens is 306 g/mol. The van der Waals surface area contributed by atoms with Gasteiger partial charge in [0.1, 0.15) is 17.4 Å². The average Bonchev–Trinajstić information content (AvgIpc) is 2.26. The van der Waals surface area contributed by atoms with Crippen LogP contribution < -0.4 is 0 Å². The van der Waals surface area contributed by atoms with Crippen LogP contribution in [0.15, 0.2) is 12.1 Å². The van der Waals surface area contributed by atoms with Crippen LogP contribution in [0.2, 0.25) is 0 Å². The van der Waals surface area contributed by atoms with E-state index in [4.69, 9.17) is 5.26 Å². The van der Waals surface area contributed by atoms with Crippen molar-refractivity contribution in [3.05, 3.63) is 34.6 Å². The summed E-state index contributed by atoms with van der Waals surface area (Å²) in [5.41, 5.74) is -3.40. The summed E-state index contributed by atoms with van der Waals surface area (Å²) in [5, 5.41) is 8.19. The zero-order valence-electron chi connectivity index (χ0n) is 8.11. The Bertz CT molecular complexity index is 504. The Morgan fingerprint density at radius 3 is 2.41 bits per heavy atom. The molecule has 17 heavy (non-hydrogen) atoms. The van der Waals surface area contributed by atoms with Gasteiger partial charge >= 0.3 is 6.18 Å². The summed E-state index contributed by atoms with van der Waals surface area (Å²) in [4.78, 5) is 11.3. The largest absolute Gasteiger partial charge is 0.418 e. The normalized spacial score (nSPS) is 11.1. The fourth-order valence-corrected chi connectivity index (χ4v) is 1.59. The van der Waals surface area contributed by atoms with E-state index >= 15 is 0 Å². The fraction of sp³-hybridized carbons (Fsp3) is 0.200. The van der Waals surface area contributed by atoms with Crippen LogP contribution >= 0.6 is 15.9 Å². The first-order valence-corrected chi connectivity index (χ1v) is 5.34. The number of rotatable bonds is 2. The van der Waals surface area contributed by atoms with E-state index in [0.29, 0.717) is 6.07 Å². The highest BCUT2D eigenvalue weighted by Crippen LogP contribution is 2.35. The second kappa shape index (κ2) is 4.84. The molecule has 90 valence electrons.